The van der Waals surface area contributed by atoms with Crippen LogP contribution < -0.4 is 15.5 Å². The van der Waals surface area contributed by atoms with Gasteiger partial charge in [0.25, 0.3) is 0 Å². The minimum atomic E-state index is -0.700. The maximum Gasteiger partial charge on any atom is 0.416 e. The van der Waals surface area contributed by atoms with Gasteiger partial charge < -0.3 is 15.4 Å². The topological polar surface area (TPSA) is 82.6 Å². The molecule has 3 aliphatic rings. The van der Waals surface area contributed by atoms with Crippen LogP contribution in [0.4, 0.5) is 21.0 Å². The summed E-state index contributed by atoms with van der Waals surface area (Å²) in [6.07, 6.45) is 3.39. The number of hydrogen-bond acceptors (Lipinski definition) is 7. The highest BCUT2D eigenvalue weighted by Gasteiger charge is 2.42. The molecule has 0 bridgehead atoms. The number of carbonyl (C=O) groups is 1. The van der Waals surface area contributed by atoms with Crippen LogP contribution in [0.3, 0.4) is 0 Å². The lowest BCUT2D eigenvalue weighted by molar-refractivity contribution is 0.160. The van der Waals surface area contributed by atoms with Gasteiger partial charge in [-0.25, -0.2) is 4.79 Å². The lowest BCUT2D eigenvalue weighted by Crippen LogP contribution is -2.45. The van der Waals surface area contributed by atoms with Gasteiger partial charge in [-0.3, -0.25) is 9.80 Å². The SMILES string of the molecule is C[C@H](Nc1nc(F)cc(N2C(=O)OCC2(C)C)n1)c1ccc(C(CC2CC2)N2CCNCC2)cc1. The fraction of sp³-hybridized carbons (Fsp3) is 0.577. The molecule has 1 amide bonds. The van der Waals surface area contributed by atoms with Crippen molar-refractivity contribution in [2.24, 2.45) is 5.92 Å². The van der Waals surface area contributed by atoms with Crippen molar-refractivity contribution < 1.29 is 13.9 Å². The predicted molar refractivity (Wildman–Crippen MR) is 133 cm³/mol. The van der Waals surface area contributed by atoms with Gasteiger partial charge in [0.2, 0.25) is 11.9 Å². The standard InChI is InChI=1S/C26H35FN6O2/c1-17(29-24-30-22(27)15-23(31-24)33-25(34)35-16-26(33,2)3)19-6-8-20(9-7-19)21(14-18-4-5-18)32-12-10-28-11-13-32/h6-9,15,17-18,21,28H,4-5,10-14,16H2,1-3H3,(H,29,30,31)/t17-,21?/m0/s1. The highest BCUT2D eigenvalue weighted by molar-refractivity contribution is 5.90. The Hall–Kier alpha value is -2.78. The number of cyclic esters (lactones) is 1. The molecule has 0 spiro atoms. The minimum Gasteiger partial charge on any atom is -0.447 e. The molecule has 8 nitrogen and oxygen atoms in total. The van der Waals surface area contributed by atoms with Crippen LogP contribution in [0.15, 0.2) is 30.3 Å². The maximum atomic E-state index is 14.4. The van der Waals surface area contributed by atoms with Crippen molar-refractivity contribution in [2.75, 3.05) is 43.0 Å². The molecule has 2 saturated heterocycles. The quantitative estimate of drug-likeness (QED) is 0.544. The summed E-state index contributed by atoms with van der Waals surface area (Å²) in [6.45, 7) is 10.2. The van der Waals surface area contributed by atoms with E-state index in [-0.39, 0.29) is 24.4 Å². The van der Waals surface area contributed by atoms with Gasteiger partial charge in [-0.1, -0.05) is 37.1 Å². The van der Waals surface area contributed by atoms with Crippen LogP contribution in [0.25, 0.3) is 0 Å². The molecular formula is C26H35FN6O2. The van der Waals surface area contributed by atoms with E-state index >= 15 is 0 Å². The van der Waals surface area contributed by atoms with Crippen molar-refractivity contribution >= 4 is 17.9 Å². The van der Waals surface area contributed by atoms with Gasteiger partial charge in [0, 0.05) is 38.3 Å². The molecule has 1 aromatic heterocycles. The van der Waals surface area contributed by atoms with Crippen LogP contribution in [0.1, 0.15) is 63.2 Å². The fourth-order valence-electron chi connectivity index (χ4n) is 5.05. The van der Waals surface area contributed by atoms with Crippen molar-refractivity contribution in [3.63, 3.8) is 0 Å². The van der Waals surface area contributed by atoms with E-state index in [1.807, 2.05) is 20.8 Å². The van der Waals surface area contributed by atoms with E-state index in [9.17, 15) is 9.18 Å². The Morgan fingerprint density at radius 1 is 1.17 bits per heavy atom. The number of aromatic nitrogens is 2. The molecule has 0 radical (unpaired) electrons. The van der Waals surface area contributed by atoms with Gasteiger partial charge in [-0.2, -0.15) is 14.4 Å². The van der Waals surface area contributed by atoms with Gasteiger partial charge >= 0.3 is 6.09 Å². The summed E-state index contributed by atoms with van der Waals surface area (Å²) < 4.78 is 19.5. The molecule has 9 heteroatoms. The third-order valence-corrected chi connectivity index (χ3v) is 7.26. The average Bonchev–Trinajstić information content (AvgIpc) is 3.61. The van der Waals surface area contributed by atoms with Gasteiger partial charge in [-0.15, -0.1) is 0 Å². The molecule has 2 aromatic rings. The molecule has 1 aromatic carbocycles. The number of halogens is 1. The van der Waals surface area contributed by atoms with Crippen LogP contribution in [0.5, 0.6) is 0 Å². The number of nitrogens with zero attached hydrogens (tertiary/aromatic N) is 4. The molecule has 2 N–H and O–H groups in total. The number of rotatable bonds is 8. The van der Waals surface area contributed by atoms with Crippen molar-refractivity contribution in [3.8, 4) is 0 Å². The first kappa shape index (κ1) is 23.9. The Morgan fingerprint density at radius 3 is 2.49 bits per heavy atom. The second-order valence-electron chi connectivity index (χ2n) is 10.6. The number of amides is 1. The number of anilines is 2. The fourth-order valence-corrected chi connectivity index (χ4v) is 5.05. The zero-order chi connectivity index (χ0) is 24.6. The van der Waals surface area contributed by atoms with E-state index in [0.29, 0.717) is 6.04 Å². The number of piperazine rings is 1. The first-order chi connectivity index (χ1) is 16.8. The largest absolute Gasteiger partial charge is 0.447 e. The van der Waals surface area contributed by atoms with Crippen molar-refractivity contribution in [1.82, 2.24) is 20.2 Å². The highest BCUT2D eigenvalue weighted by Crippen LogP contribution is 2.40. The van der Waals surface area contributed by atoms with E-state index in [0.717, 1.165) is 43.7 Å². The van der Waals surface area contributed by atoms with Crippen LogP contribution >= 0.6 is 0 Å². The maximum absolute atomic E-state index is 14.4. The molecule has 35 heavy (non-hydrogen) atoms. The highest BCUT2D eigenvalue weighted by atomic mass is 19.1. The van der Waals surface area contributed by atoms with E-state index in [1.165, 1.54) is 29.7 Å². The molecular weight excluding hydrogens is 447 g/mol. The Bertz CT molecular complexity index is 1050. The lowest BCUT2D eigenvalue weighted by atomic mass is 9.96. The normalized spacial score (nSPS) is 22.1. The molecule has 3 fully saturated rings. The minimum absolute atomic E-state index is 0.138. The Kier molecular flexibility index (Phi) is 6.63. The van der Waals surface area contributed by atoms with Crippen LogP contribution in [0, 0.1) is 11.9 Å². The first-order valence-electron chi connectivity index (χ1n) is 12.6. The summed E-state index contributed by atoms with van der Waals surface area (Å²) in [5.41, 5.74) is 1.81. The molecule has 2 atom stereocenters. The molecule has 1 unspecified atom stereocenters. The number of hydrogen-bond donors (Lipinski definition) is 2. The smallest absolute Gasteiger partial charge is 0.416 e. The van der Waals surface area contributed by atoms with Gasteiger partial charge in [0.15, 0.2) is 0 Å². The summed E-state index contributed by atoms with van der Waals surface area (Å²) in [4.78, 5) is 24.5. The summed E-state index contributed by atoms with van der Waals surface area (Å²) in [5.74, 6) is 0.482. The third kappa shape index (κ3) is 5.41. The van der Waals surface area contributed by atoms with E-state index in [4.69, 9.17) is 4.74 Å². The molecule has 1 saturated carbocycles. The van der Waals surface area contributed by atoms with Crippen LogP contribution in [-0.2, 0) is 4.74 Å². The Labute approximate surface area is 206 Å². The van der Waals surface area contributed by atoms with Gasteiger partial charge in [0.05, 0.1) is 11.6 Å². The van der Waals surface area contributed by atoms with Crippen LogP contribution in [0.2, 0.25) is 0 Å². The van der Waals surface area contributed by atoms with Crippen molar-refractivity contribution in [3.05, 3.63) is 47.4 Å². The van der Waals surface area contributed by atoms with Gasteiger partial charge in [0.1, 0.15) is 12.4 Å². The number of carbonyl (C=O) groups excluding carboxylic acids is 1. The summed E-state index contributed by atoms with van der Waals surface area (Å²) >= 11 is 0. The second-order valence-corrected chi connectivity index (χ2v) is 10.6. The average molecular weight is 483 g/mol. The second kappa shape index (κ2) is 9.70. The van der Waals surface area contributed by atoms with E-state index in [1.54, 1.807) is 0 Å². The molecule has 188 valence electrons. The van der Waals surface area contributed by atoms with Crippen molar-refractivity contribution in [1.29, 1.82) is 0 Å². The van der Waals surface area contributed by atoms with E-state index < -0.39 is 17.6 Å². The number of benzene rings is 1. The monoisotopic (exact) mass is 482 g/mol. The summed E-state index contributed by atoms with van der Waals surface area (Å²) in [6, 6.07) is 10.2. The number of nitrogens with one attached hydrogen (secondary N) is 2. The van der Waals surface area contributed by atoms with E-state index in [2.05, 4.69) is 49.8 Å². The van der Waals surface area contributed by atoms with Crippen LogP contribution in [-0.4, -0.2) is 59.3 Å². The molecule has 2 aliphatic heterocycles. The molecule has 5 rings (SSSR count). The first-order valence-corrected chi connectivity index (χ1v) is 12.6. The summed E-state index contributed by atoms with van der Waals surface area (Å²) in [5, 5.41) is 6.65. The Morgan fingerprint density at radius 2 is 1.86 bits per heavy atom. The Balaban J connectivity index is 1.30. The number of ether oxygens (including phenoxy) is 1. The lowest BCUT2D eigenvalue weighted by Gasteiger charge is -2.35. The third-order valence-electron chi connectivity index (χ3n) is 7.26. The predicted octanol–water partition coefficient (Wildman–Crippen LogP) is 4.27. The zero-order valence-corrected chi connectivity index (χ0v) is 20.8. The zero-order valence-electron chi connectivity index (χ0n) is 20.8. The van der Waals surface area contributed by atoms with Gasteiger partial charge in [-0.05, 0) is 44.2 Å². The van der Waals surface area contributed by atoms with Crippen molar-refractivity contribution in [2.45, 2.75) is 57.7 Å². The molecule has 1 aliphatic carbocycles. The summed E-state index contributed by atoms with van der Waals surface area (Å²) in [7, 11) is 0. The molecule has 3 heterocycles.